The maximum atomic E-state index is 11.9. The molecule has 0 aromatic carbocycles. The monoisotopic (exact) mass is 305 g/mol. The van der Waals surface area contributed by atoms with Crippen LogP contribution in [-0.4, -0.2) is 38.4 Å². The summed E-state index contributed by atoms with van der Waals surface area (Å²) in [6.07, 6.45) is 9.16. The fraction of sp³-hybridized carbons (Fsp3) is 0.429. The summed E-state index contributed by atoms with van der Waals surface area (Å²) in [4.78, 5) is 20.1. The average Bonchev–Trinajstić information content (AvgIpc) is 3.01. The Morgan fingerprint density at radius 1 is 1.19 bits per heavy atom. The largest absolute Gasteiger partial charge is 0.351 e. The van der Waals surface area contributed by atoms with E-state index in [1.54, 1.807) is 24.7 Å². The van der Waals surface area contributed by atoms with Crippen LogP contribution in [0.25, 0.3) is 11.4 Å². The molecule has 0 saturated heterocycles. The number of hydrogen-bond donors (Lipinski definition) is 3. The number of unbranched alkanes of at least 4 members (excludes halogenated alkanes) is 3. The molecule has 1 amide bonds. The Morgan fingerprint density at radius 2 is 2.05 bits per heavy atom. The Bertz CT molecular complexity index is 558. The van der Waals surface area contributed by atoms with E-state index in [9.17, 15) is 4.79 Å². The van der Waals surface area contributed by atoms with Gasteiger partial charge in [-0.15, -0.1) is 0 Å². The van der Waals surface area contributed by atoms with Crippen molar-refractivity contribution in [2.75, 3.05) is 12.3 Å². The molecule has 0 unspecified atom stereocenters. The van der Waals surface area contributed by atoms with Gasteiger partial charge in [0.15, 0.2) is 0 Å². The Kier molecular flexibility index (Phi) is 6.21. The van der Waals surface area contributed by atoms with Crippen molar-refractivity contribution in [3.63, 3.8) is 0 Å². The van der Waals surface area contributed by atoms with Gasteiger partial charge < -0.3 is 5.32 Å². The second-order valence-corrected chi connectivity index (χ2v) is 5.10. The van der Waals surface area contributed by atoms with Gasteiger partial charge in [0.25, 0.3) is 5.91 Å². The summed E-state index contributed by atoms with van der Waals surface area (Å²) in [6.45, 7) is 0.672. The van der Waals surface area contributed by atoms with E-state index < -0.39 is 0 Å². The van der Waals surface area contributed by atoms with E-state index in [1.165, 1.54) is 0 Å². The second kappa shape index (κ2) is 8.41. The lowest BCUT2D eigenvalue weighted by Gasteiger charge is -2.02. The van der Waals surface area contributed by atoms with Crippen LogP contribution in [0.1, 0.15) is 36.2 Å². The highest BCUT2D eigenvalue weighted by Gasteiger charge is 2.11. The molecule has 112 valence electrons. The van der Waals surface area contributed by atoms with Crippen molar-refractivity contribution in [1.29, 1.82) is 0 Å². The minimum atomic E-state index is -0.146. The lowest BCUT2D eigenvalue weighted by atomic mass is 10.2. The summed E-state index contributed by atoms with van der Waals surface area (Å²) in [6, 6.07) is 1.68. The molecule has 7 heteroatoms. The highest BCUT2D eigenvalue weighted by molar-refractivity contribution is 7.80. The molecule has 0 atom stereocenters. The minimum absolute atomic E-state index is 0.146. The molecule has 0 fully saturated rings. The van der Waals surface area contributed by atoms with Crippen molar-refractivity contribution >= 4 is 18.5 Å². The van der Waals surface area contributed by atoms with Crippen molar-refractivity contribution in [2.45, 2.75) is 25.7 Å². The smallest absolute Gasteiger partial charge is 0.269 e. The summed E-state index contributed by atoms with van der Waals surface area (Å²) in [5.74, 6) is 0.776. The zero-order chi connectivity index (χ0) is 14.9. The number of carbonyl (C=O) groups is 1. The lowest BCUT2D eigenvalue weighted by Crippen LogP contribution is -2.24. The van der Waals surface area contributed by atoms with E-state index in [0.717, 1.165) is 31.4 Å². The van der Waals surface area contributed by atoms with Crippen LogP contribution < -0.4 is 5.32 Å². The molecule has 0 spiro atoms. The molecule has 0 bridgehead atoms. The number of nitrogens with one attached hydrogen (secondary N) is 2. The molecule has 0 aliphatic rings. The number of rotatable bonds is 8. The third-order valence-corrected chi connectivity index (χ3v) is 3.33. The zero-order valence-corrected chi connectivity index (χ0v) is 12.6. The number of hydrogen-bond acceptors (Lipinski definition) is 5. The van der Waals surface area contributed by atoms with E-state index in [0.29, 0.717) is 23.6 Å². The van der Waals surface area contributed by atoms with Gasteiger partial charge in [-0.2, -0.15) is 17.7 Å². The van der Waals surface area contributed by atoms with E-state index in [-0.39, 0.29) is 5.91 Å². The summed E-state index contributed by atoms with van der Waals surface area (Å²) in [7, 11) is 0. The molecular weight excluding hydrogens is 286 g/mol. The van der Waals surface area contributed by atoms with Gasteiger partial charge in [0, 0.05) is 18.9 Å². The number of amides is 1. The van der Waals surface area contributed by atoms with Crippen LogP contribution in [0.2, 0.25) is 0 Å². The minimum Gasteiger partial charge on any atom is -0.351 e. The molecule has 2 rings (SSSR count). The van der Waals surface area contributed by atoms with Crippen molar-refractivity contribution in [1.82, 2.24) is 25.5 Å². The van der Waals surface area contributed by atoms with E-state index in [2.05, 4.69) is 38.1 Å². The number of aromatic amines is 1. The molecule has 0 aliphatic heterocycles. The van der Waals surface area contributed by atoms with Gasteiger partial charge >= 0.3 is 0 Å². The van der Waals surface area contributed by atoms with Crippen LogP contribution >= 0.6 is 12.6 Å². The molecule has 0 aliphatic carbocycles. The van der Waals surface area contributed by atoms with Gasteiger partial charge in [0.2, 0.25) is 0 Å². The predicted molar refractivity (Wildman–Crippen MR) is 84.3 cm³/mol. The Hall–Kier alpha value is -1.89. The first-order chi connectivity index (χ1) is 10.3. The summed E-state index contributed by atoms with van der Waals surface area (Å²) >= 11 is 4.17. The number of aromatic nitrogens is 4. The molecule has 6 nitrogen and oxygen atoms in total. The average molecular weight is 305 g/mol. The number of thiol groups is 1. The molecule has 21 heavy (non-hydrogen) atoms. The van der Waals surface area contributed by atoms with Gasteiger partial charge in [0.1, 0.15) is 17.1 Å². The lowest BCUT2D eigenvalue weighted by molar-refractivity contribution is 0.0948. The second-order valence-electron chi connectivity index (χ2n) is 4.65. The number of nitrogens with zero attached hydrogens (tertiary/aromatic N) is 3. The Morgan fingerprint density at radius 3 is 2.81 bits per heavy atom. The van der Waals surface area contributed by atoms with Crippen molar-refractivity contribution in [3.8, 4) is 11.4 Å². The van der Waals surface area contributed by atoms with Crippen LogP contribution in [0.15, 0.2) is 24.7 Å². The Balaban J connectivity index is 1.80. The van der Waals surface area contributed by atoms with Gasteiger partial charge in [-0.3, -0.25) is 19.9 Å². The van der Waals surface area contributed by atoms with Crippen LogP contribution in [0, 0.1) is 0 Å². The highest BCUT2D eigenvalue weighted by atomic mass is 32.1. The first-order valence-electron chi connectivity index (χ1n) is 7.02. The van der Waals surface area contributed by atoms with E-state index in [4.69, 9.17) is 0 Å². The SMILES string of the molecule is O=C(NCCCCCCS)c1cc(-c2cnccn2)n[nH]1. The highest BCUT2D eigenvalue weighted by Crippen LogP contribution is 2.13. The van der Waals surface area contributed by atoms with Crippen LogP contribution in [0.4, 0.5) is 0 Å². The number of H-pyrrole nitrogens is 1. The standard InChI is InChI=1S/C14H19N5OS/c20-14(17-5-3-1-2-4-8-21)12-9-11(18-19-12)13-10-15-6-7-16-13/h6-7,9-10,21H,1-5,8H2,(H,17,20)(H,18,19). The predicted octanol–water partition coefficient (Wildman–Crippen LogP) is 2.09. The van der Waals surface area contributed by atoms with Gasteiger partial charge in [0.05, 0.1) is 6.20 Å². The molecule has 2 aromatic heterocycles. The van der Waals surface area contributed by atoms with Crippen LogP contribution in [0.5, 0.6) is 0 Å². The number of carbonyl (C=O) groups excluding carboxylic acids is 1. The van der Waals surface area contributed by atoms with Gasteiger partial charge in [-0.1, -0.05) is 12.8 Å². The quantitative estimate of drug-likeness (QED) is 0.515. The van der Waals surface area contributed by atoms with Crippen LogP contribution in [-0.2, 0) is 0 Å². The fourth-order valence-electron chi connectivity index (χ4n) is 1.89. The normalized spacial score (nSPS) is 10.5. The molecule has 2 N–H and O–H groups in total. The van der Waals surface area contributed by atoms with Crippen molar-refractivity contribution < 1.29 is 4.79 Å². The van der Waals surface area contributed by atoms with Crippen molar-refractivity contribution in [2.24, 2.45) is 0 Å². The van der Waals surface area contributed by atoms with Gasteiger partial charge in [-0.05, 0) is 24.7 Å². The first-order valence-corrected chi connectivity index (χ1v) is 7.65. The Labute approximate surface area is 129 Å². The van der Waals surface area contributed by atoms with Crippen LogP contribution in [0.3, 0.4) is 0 Å². The molecule has 0 saturated carbocycles. The third-order valence-electron chi connectivity index (χ3n) is 3.02. The summed E-state index contributed by atoms with van der Waals surface area (Å²) in [5.41, 5.74) is 1.69. The topological polar surface area (TPSA) is 83.6 Å². The summed E-state index contributed by atoms with van der Waals surface area (Å²) < 4.78 is 0. The molecule has 2 aromatic rings. The van der Waals surface area contributed by atoms with Crippen molar-refractivity contribution in [3.05, 3.63) is 30.4 Å². The zero-order valence-electron chi connectivity index (χ0n) is 11.7. The van der Waals surface area contributed by atoms with Gasteiger partial charge in [-0.25, -0.2) is 0 Å². The van der Waals surface area contributed by atoms with E-state index in [1.807, 2.05) is 0 Å². The molecule has 2 heterocycles. The molecular formula is C14H19N5OS. The molecule has 0 radical (unpaired) electrons. The summed E-state index contributed by atoms with van der Waals surface area (Å²) in [5, 5.41) is 9.68. The first kappa shape index (κ1) is 15.5. The third kappa shape index (κ3) is 4.86. The van der Waals surface area contributed by atoms with E-state index >= 15 is 0 Å². The maximum absolute atomic E-state index is 11.9. The fourth-order valence-corrected chi connectivity index (χ4v) is 2.11. The maximum Gasteiger partial charge on any atom is 0.269 e.